The fraction of sp³-hybridized carbons (Fsp3) is 0.292. The zero-order valence-corrected chi connectivity index (χ0v) is 18.1. The van der Waals surface area contributed by atoms with Crippen molar-refractivity contribution in [3.05, 3.63) is 72.8 Å². The van der Waals surface area contributed by atoms with E-state index in [-0.39, 0.29) is 23.3 Å². The quantitative estimate of drug-likeness (QED) is 0.613. The summed E-state index contributed by atoms with van der Waals surface area (Å²) in [4.78, 5) is 14.4. The first-order chi connectivity index (χ1) is 15.0. The Balaban J connectivity index is 1.26. The Bertz CT molecular complexity index is 1140. The molecule has 4 rings (SSSR count). The minimum atomic E-state index is -3.57. The molecule has 0 spiro atoms. The van der Waals surface area contributed by atoms with Gasteiger partial charge < -0.3 is 9.64 Å². The van der Waals surface area contributed by atoms with Crippen molar-refractivity contribution in [2.24, 2.45) is 5.92 Å². The molecule has 1 N–H and O–H groups in total. The Morgan fingerprint density at radius 3 is 2.35 bits per heavy atom. The molecule has 1 fully saturated rings. The number of para-hydroxylation sites is 1. The predicted molar refractivity (Wildman–Crippen MR) is 120 cm³/mol. The molecule has 7 heteroatoms. The number of carbonyl (C=O) groups excluding carboxylic acids is 1. The van der Waals surface area contributed by atoms with Gasteiger partial charge in [0.25, 0.3) is 5.91 Å². The smallest absolute Gasteiger partial charge is 0.260 e. The number of piperidine rings is 1. The molecule has 162 valence electrons. The van der Waals surface area contributed by atoms with Gasteiger partial charge in [-0.05, 0) is 53.8 Å². The van der Waals surface area contributed by atoms with Gasteiger partial charge in [0.05, 0.1) is 4.90 Å². The number of carbonyl (C=O) groups is 1. The molecule has 3 aromatic rings. The van der Waals surface area contributed by atoms with E-state index in [1.54, 1.807) is 17.0 Å². The molecule has 0 saturated carbocycles. The average molecular weight is 439 g/mol. The van der Waals surface area contributed by atoms with E-state index in [9.17, 15) is 13.2 Å². The van der Waals surface area contributed by atoms with Crippen molar-refractivity contribution in [3.63, 3.8) is 0 Å². The van der Waals surface area contributed by atoms with Crippen molar-refractivity contribution in [2.75, 3.05) is 26.2 Å². The topological polar surface area (TPSA) is 75.7 Å². The van der Waals surface area contributed by atoms with Gasteiger partial charge in [-0.1, -0.05) is 48.5 Å². The SMILES string of the molecule is O=C(COc1ccccc1)N1CCC(CNS(=O)(=O)c2ccc3ccccc3c2)CC1. The van der Waals surface area contributed by atoms with Gasteiger partial charge in [0, 0.05) is 19.6 Å². The number of amides is 1. The number of fused-ring (bicyclic) bond motifs is 1. The summed E-state index contributed by atoms with van der Waals surface area (Å²) in [5.41, 5.74) is 0. The summed E-state index contributed by atoms with van der Waals surface area (Å²) in [5, 5.41) is 1.91. The molecule has 6 nitrogen and oxygen atoms in total. The highest BCUT2D eigenvalue weighted by atomic mass is 32.2. The number of nitrogens with one attached hydrogen (secondary N) is 1. The summed E-state index contributed by atoms with van der Waals surface area (Å²) in [6, 6.07) is 22.1. The summed E-state index contributed by atoms with van der Waals surface area (Å²) in [5.74, 6) is 0.835. The highest BCUT2D eigenvalue weighted by Crippen LogP contribution is 2.21. The minimum absolute atomic E-state index is 0.0171. The van der Waals surface area contributed by atoms with Gasteiger partial charge in [-0.25, -0.2) is 13.1 Å². The maximum atomic E-state index is 12.7. The summed E-state index contributed by atoms with van der Waals surface area (Å²) >= 11 is 0. The summed E-state index contributed by atoms with van der Waals surface area (Å²) in [7, 11) is -3.57. The van der Waals surface area contributed by atoms with Crippen LogP contribution in [0.2, 0.25) is 0 Å². The van der Waals surface area contributed by atoms with Gasteiger partial charge in [-0.15, -0.1) is 0 Å². The van der Waals surface area contributed by atoms with Crippen LogP contribution in [0.5, 0.6) is 5.75 Å². The van der Waals surface area contributed by atoms with E-state index >= 15 is 0 Å². The number of sulfonamides is 1. The lowest BCUT2D eigenvalue weighted by atomic mass is 9.97. The fourth-order valence-electron chi connectivity index (χ4n) is 3.79. The Hall–Kier alpha value is -2.90. The normalized spacial score (nSPS) is 15.2. The van der Waals surface area contributed by atoms with E-state index in [1.807, 2.05) is 60.7 Å². The van der Waals surface area contributed by atoms with E-state index in [4.69, 9.17) is 4.74 Å². The van der Waals surface area contributed by atoms with Crippen molar-refractivity contribution in [1.82, 2.24) is 9.62 Å². The Morgan fingerprint density at radius 2 is 1.61 bits per heavy atom. The van der Waals surface area contributed by atoms with E-state index in [2.05, 4.69) is 4.72 Å². The number of rotatable bonds is 7. The number of benzene rings is 3. The molecule has 0 aliphatic carbocycles. The Morgan fingerprint density at radius 1 is 0.935 bits per heavy atom. The third-order valence-electron chi connectivity index (χ3n) is 5.67. The zero-order chi connectivity index (χ0) is 21.7. The van der Waals surface area contributed by atoms with Gasteiger partial charge in [-0.3, -0.25) is 4.79 Å². The van der Waals surface area contributed by atoms with Crippen LogP contribution >= 0.6 is 0 Å². The number of nitrogens with zero attached hydrogens (tertiary/aromatic N) is 1. The van der Waals surface area contributed by atoms with Crippen LogP contribution in [0.1, 0.15) is 12.8 Å². The van der Waals surface area contributed by atoms with E-state index in [0.717, 1.165) is 23.6 Å². The van der Waals surface area contributed by atoms with Crippen LogP contribution in [-0.4, -0.2) is 45.5 Å². The largest absolute Gasteiger partial charge is 0.484 e. The maximum Gasteiger partial charge on any atom is 0.260 e. The molecule has 0 radical (unpaired) electrons. The van der Waals surface area contributed by atoms with Crippen molar-refractivity contribution < 1.29 is 17.9 Å². The first kappa shape index (κ1) is 21.3. The zero-order valence-electron chi connectivity index (χ0n) is 17.2. The second kappa shape index (κ2) is 9.49. The number of likely N-dealkylation sites (tertiary alicyclic amines) is 1. The molecule has 0 atom stereocenters. The van der Waals surface area contributed by atoms with Gasteiger partial charge >= 0.3 is 0 Å². The molecule has 1 amide bonds. The third kappa shape index (κ3) is 5.42. The summed E-state index contributed by atoms with van der Waals surface area (Å²) in [6.45, 7) is 1.61. The highest BCUT2D eigenvalue weighted by molar-refractivity contribution is 7.89. The first-order valence-electron chi connectivity index (χ1n) is 10.5. The van der Waals surface area contributed by atoms with Crippen molar-refractivity contribution >= 4 is 26.7 Å². The molecular weight excluding hydrogens is 412 g/mol. The van der Waals surface area contributed by atoms with Crippen LogP contribution in [0.3, 0.4) is 0 Å². The van der Waals surface area contributed by atoms with Crippen LogP contribution < -0.4 is 9.46 Å². The number of ether oxygens (including phenoxy) is 1. The van der Waals surface area contributed by atoms with Crippen LogP contribution in [-0.2, 0) is 14.8 Å². The molecule has 1 saturated heterocycles. The second-order valence-corrected chi connectivity index (χ2v) is 9.55. The van der Waals surface area contributed by atoms with Crippen LogP contribution in [0.4, 0.5) is 0 Å². The Labute approximate surface area is 182 Å². The predicted octanol–water partition coefficient (Wildman–Crippen LogP) is 3.44. The molecule has 1 aliphatic heterocycles. The first-order valence-corrected chi connectivity index (χ1v) is 11.9. The van der Waals surface area contributed by atoms with E-state index < -0.39 is 10.0 Å². The van der Waals surface area contributed by atoms with Crippen LogP contribution in [0.15, 0.2) is 77.7 Å². The lowest BCUT2D eigenvalue weighted by Crippen LogP contribution is -2.43. The third-order valence-corrected chi connectivity index (χ3v) is 7.09. The maximum absolute atomic E-state index is 12.7. The van der Waals surface area contributed by atoms with Gasteiger partial charge in [0.1, 0.15) is 5.75 Å². The van der Waals surface area contributed by atoms with Crippen molar-refractivity contribution in [1.29, 1.82) is 0 Å². The van der Waals surface area contributed by atoms with Gasteiger partial charge in [0.15, 0.2) is 6.61 Å². The second-order valence-electron chi connectivity index (χ2n) is 7.79. The molecular formula is C24H26N2O4S. The lowest BCUT2D eigenvalue weighted by Gasteiger charge is -2.32. The molecule has 1 aliphatic rings. The highest BCUT2D eigenvalue weighted by Gasteiger charge is 2.24. The monoisotopic (exact) mass is 438 g/mol. The summed E-state index contributed by atoms with van der Waals surface area (Å²) in [6.07, 6.45) is 1.52. The standard InChI is InChI=1S/C24H26N2O4S/c27-24(18-30-22-8-2-1-3-9-22)26-14-12-19(13-15-26)17-25-31(28,29)23-11-10-20-6-4-5-7-21(20)16-23/h1-11,16,19,25H,12-15,17-18H2. The van der Waals surface area contributed by atoms with Crippen molar-refractivity contribution in [2.45, 2.75) is 17.7 Å². The minimum Gasteiger partial charge on any atom is -0.484 e. The Kier molecular flexibility index (Phi) is 6.53. The number of hydrogen-bond acceptors (Lipinski definition) is 4. The van der Waals surface area contributed by atoms with E-state index in [0.29, 0.717) is 25.4 Å². The lowest BCUT2D eigenvalue weighted by molar-refractivity contribution is -0.134. The molecule has 3 aromatic carbocycles. The van der Waals surface area contributed by atoms with Crippen LogP contribution in [0.25, 0.3) is 10.8 Å². The van der Waals surface area contributed by atoms with Gasteiger partial charge in [-0.2, -0.15) is 0 Å². The fourth-order valence-corrected chi connectivity index (χ4v) is 4.94. The molecule has 0 aromatic heterocycles. The molecule has 31 heavy (non-hydrogen) atoms. The average Bonchev–Trinajstić information content (AvgIpc) is 2.82. The molecule has 1 heterocycles. The van der Waals surface area contributed by atoms with E-state index in [1.165, 1.54) is 0 Å². The molecule has 0 unspecified atom stereocenters. The van der Waals surface area contributed by atoms with Crippen molar-refractivity contribution in [3.8, 4) is 5.75 Å². The van der Waals surface area contributed by atoms with Gasteiger partial charge in [0.2, 0.25) is 10.0 Å². The summed E-state index contributed by atoms with van der Waals surface area (Å²) < 4.78 is 33.7. The number of hydrogen-bond donors (Lipinski definition) is 1. The van der Waals surface area contributed by atoms with Crippen LogP contribution in [0, 0.1) is 5.92 Å². The molecule has 0 bridgehead atoms.